The fourth-order valence-electron chi connectivity index (χ4n) is 2.01. The van der Waals surface area contributed by atoms with E-state index in [0.29, 0.717) is 5.56 Å². The van der Waals surface area contributed by atoms with E-state index >= 15 is 0 Å². The maximum Gasteiger partial charge on any atom is 0.230 e. The quantitative estimate of drug-likeness (QED) is 0.783. The van der Waals surface area contributed by atoms with E-state index in [1.807, 2.05) is 0 Å². The Morgan fingerprint density at radius 1 is 1.41 bits per heavy atom. The summed E-state index contributed by atoms with van der Waals surface area (Å²) in [6.07, 6.45) is 0.188. The minimum Gasteiger partial charge on any atom is -0.296 e. The Balaban J connectivity index is 2.34. The first-order chi connectivity index (χ1) is 7.99. The van der Waals surface area contributed by atoms with Crippen LogP contribution in [0.3, 0.4) is 0 Å². The van der Waals surface area contributed by atoms with Crippen molar-refractivity contribution in [2.24, 2.45) is 5.92 Å². The number of amides is 2. The van der Waals surface area contributed by atoms with Gasteiger partial charge in [-0.3, -0.25) is 14.9 Å². The van der Waals surface area contributed by atoms with Gasteiger partial charge in [-0.15, -0.1) is 0 Å². The van der Waals surface area contributed by atoms with Gasteiger partial charge in [-0.2, -0.15) is 0 Å². The molecule has 2 atom stereocenters. The summed E-state index contributed by atoms with van der Waals surface area (Å²) in [5, 5.41) is 2.29. The summed E-state index contributed by atoms with van der Waals surface area (Å²) in [6, 6.07) is 4.38. The molecule has 1 fully saturated rings. The Labute approximate surface area is 103 Å². The highest BCUT2D eigenvalue weighted by Crippen LogP contribution is 2.32. The summed E-state index contributed by atoms with van der Waals surface area (Å²) in [5.41, 5.74) is 0.627. The SMILES string of the molecule is CC1C(=O)NC(=O)CC1c1ccc(Cl)c(F)c1. The lowest BCUT2D eigenvalue weighted by atomic mass is 9.81. The maximum atomic E-state index is 13.3. The second-order valence-corrected chi connectivity index (χ2v) is 4.59. The van der Waals surface area contributed by atoms with Crippen LogP contribution in [0.15, 0.2) is 18.2 Å². The first-order valence-electron chi connectivity index (χ1n) is 5.27. The largest absolute Gasteiger partial charge is 0.296 e. The normalized spacial score (nSPS) is 24.6. The zero-order valence-electron chi connectivity index (χ0n) is 9.17. The van der Waals surface area contributed by atoms with E-state index in [-0.39, 0.29) is 35.1 Å². The van der Waals surface area contributed by atoms with Crippen molar-refractivity contribution in [1.29, 1.82) is 0 Å². The van der Waals surface area contributed by atoms with E-state index in [1.54, 1.807) is 13.0 Å². The summed E-state index contributed by atoms with van der Waals surface area (Å²) < 4.78 is 13.3. The zero-order valence-corrected chi connectivity index (χ0v) is 9.92. The molecule has 0 aromatic heterocycles. The van der Waals surface area contributed by atoms with E-state index in [4.69, 9.17) is 11.6 Å². The molecule has 0 saturated carbocycles. The van der Waals surface area contributed by atoms with Gasteiger partial charge in [-0.1, -0.05) is 24.6 Å². The average molecular weight is 256 g/mol. The van der Waals surface area contributed by atoms with Crippen molar-refractivity contribution in [3.05, 3.63) is 34.6 Å². The standard InChI is InChI=1S/C12H11ClFNO2/c1-6-8(5-11(16)15-12(6)17)7-2-3-9(13)10(14)4-7/h2-4,6,8H,5H2,1H3,(H,15,16,17). The molecule has 0 radical (unpaired) electrons. The highest BCUT2D eigenvalue weighted by Gasteiger charge is 2.33. The summed E-state index contributed by atoms with van der Waals surface area (Å²) in [5.74, 6) is -1.82. The van der Waals surface area contributed by atoms with Gasteiger partial charge in [0.15, 0.2) is 0 Å². The van der Waals surface area contributed by atoms with Gasteiger partial charge in [0.25, 0.3) is 0 Å². The van der Waals surface area contributed by atoms with Crippen LogP contribution in [0.5, 0.6) is 0 Å². The lowest BCUT2D eigenvalue weighted by Crippen LogP contribution is -2.43. The van der Waals surface area contributed by atoms with Crippen LogP contribution in [0.1, 0.15) is 24.8 Å². The Morgan fingerprint density at radius 3 is 2.76 bits per heavy atom. The molecule has 0 aliphatic carbocycles. The minimum atomic E-state index is -0.533. The van der Waals surface area contributed by atoms with Gasteiger partial charge in [-0.05, 0) is 17.7 Å². The molecule has 1 N–H and O–H groups in total. The highest BCUT2D eigenvalue weighted by atomic mass is 35.5. The molecule has 1 saturated heterocycles. The first-order valence-corrected chi connectivity index (χ1v) is 5.65. The Hall–Kier alpha value is -1.42. The van der Waals surface area contributed by atoms with Gasteiger partial charge < -0.3 is 0 Å². The molecule has 0 bridgehead atoms. The van der Waals surface area contributed by atoms with Crippen LogP contribution in [-0.4, -0.2) is 11.8 Å². The van der Waals surface area contributed by atoms with Crippen LogP contribution in [0, 0.1) is 11.7 Å². The van der Waals surface area contributed by atoms with Gasteiger partial charge in [0.05, 0.1) is 5.02 Å². The number of imide groups is 1. The fourth-order valence-corrected chi connectivity index (χ4v) is 2.13. The number of benzene rings is 1. The molecule has 2 rings (SSSR count). The highest BCUT2D eigenvalue weighted by molar-refractivity contribution is 6.30. The molecule has 90 valence electrons. The second-order valence-electron chi connectivity index (χ2n) is 4.19. The van der Waals surface area contributed by atoms with Crippen molar-refractivity contribution in [2.45, 2.75) is 19.3 Å². The van der Waals surface area contributed by atoms with Crippen LogP contribution in [0.4, 0.5) is 4.39 Å². The predicted octanol–water partition coefficient (Wildman–Crippen LogP) is 2.25. The summed E-state index contributed by atoms with van der Waals surface area (Å²) >= 11 is 5.59. The molecule has 2 amide bonds. The molecule has 1 heterocycles. The van der Waals surface area contributed by atoms with Crippen LogP contribution < -0.4 is 5.32 Å². The number of halogens is 2. The lowest BCUT2D eigenvalue weighted by Gasteiger charge is -2.27. The molecule has 5 heteroatoms. The van der Waals surface area contributed by atoms with E-state index in [2.05, 4.69) is 5.32 Å². The van der Waals surface area contributed by atoms with Crippen molar-refractivity contribution in [3.8, 4) is 0 Å². The van der Waals surface area contributed by atoms with Crippen molar-refractivity contribution in [1.82, 2.24) is 5.32 Å². The molecule has 1 aromatic rings. The van der Waals surface area contributed by atoms with Gasteiger partial charge in [-0.25, -0.2) is 4.39 Å². The monoisotopic (exact) mass is 255 g/mol. The zero-order chi connectivity index (χ0) is 12.6. The number of carbonyl (C=O) groups is 2. The van der Waals surface area contributed by atoms with E-state index in [1.165, 1.54) is 12.1 Å². The lowest BCUT2D eigenvalue weighted by molar-refractivity contribution is -0.136. The number of rotatable bonds is 1. The smallest absolute Gasteiger partial charge is 0.230 e. The van der Waals surface area contributed by atoms with Crippen molar-refractivity contribution >= 4 is 23.4 Å². The Kier molecular flexibility index (Phi) is 3.15. The first kappa shape index (κ1) is 12.0. The Morgan fingerprint density at radius 2 is 2.12 bits per heavy atom. The van der Waals surface area contributed by atoms with Crippen molar-refractivity contribution < 1.29 is 14.0 Å². The average Bonchev–Trinajstić information content (AvgIpc) is 2.27. The van der Waals surface area contributed by atoms with E-state index in [0.717, 1.165) is 0 Å². The summed E-state index contributed by atoms with van der Waals surface area (Å²) in [4.78, 5) is 22.8. The molecule has 3 nitrogen and oxygen atoms in total. The molecular formula is C12H11ClFNO2. The van der Waals surface area contributed by atoms with Crippen molar-refractivity contribution in [2.75, 3.05) is 0 Å². The summed E-state index contributed by atoms with van der Waals surface area (Å²) in [6.45, 7) is 1.72. The third kappa shape index (κ3) is 2.31. The van der Waals surface area contributed by atoms with Gasteiger partial charge in [0.1, 0.15) is 5.82 Å². The number of carbonyl (C=O) groups excluding carboxylic acids is 2. The van der Waals surface area contributed by atoms with Gasteiger partial charge in [0, 0.05) is 18.3 Å². The number of hydrogen-bond donors (Lipinski definition) is 1. The molecule has 0 spiro atoms. The Bertz CT molecular complexity index is 489. The van der Waals surface area contributed by atoms with Gasteiger partial charge in [0.2, 0.25) is 11.8 Å². The predicted molar refractivity (Wildman–Crippen MR) is 61.1 cm³/mol. The van der Waals surface area contributed by atoms with Crippen molar-refractivity contribution in [3.63, 3.8) is 0 Å². The number of nitrogens with one attached hydrogen (secondary N) is 1. The number of hydrogen-bond acceptors (Lipinski definition) is 2. The fraction of sp³-hybridized carbons (Fsp3) is 0.333. The third-order valence-corrected chi connectivity index (χ3v) is 3.36. The van der Waals surface area contributed by atoms with Crippen LogP contribution >= 0.6 is 11.6 Å². The topological polar surface area (TPSA) is 46.2 Å². The van der Waals surface area contributed by atoms with Crippen LogP contribution in [0.25, 0.3) is 0 Å². The van der Waals surface area contributed by atoms with E-state index in [9.17, 15) is 14.0 Å². The second kappa shape index (κ2) is 4.45. The third-order valence-electron chi connectivity index (χ3n) is 3.06. The van der Waals surface area contributed by atoms with Crippen LogP contribution in [-0.2, 0) is 9.59 Å². The molecule has 2 unspecified atom stereocenters. The summed E-state index contributed by atoms with van der Waals surface area (Å²) in [7, 11) is 0. The van der Waals surface area contributed by atoms with E-state index < -0.39 is 5.82 Å². The maximum absolute atomic E-state index is 13.3. The van der Waals surface area contributed by atoms with Crippen LogP contribution in [0.2, 0.25) is 5.02 Å². The molecule has 17 heavy (non-hydrogen) atoms. The number of piperidine rings is 1. The molecule has 1 aliphatic heterocycles. The molecule has 1 aromatic carbocycles. The molecule has 1 aliphatic rings. The van der Waals surface area contributed by atoms with Gasteiger partial charge >= 0.3 is 0 Å². The minimum absolute atomic E-state index is 0.0352. The molecular weight excluding hydrogens is 245 g/mol.